The third-order valence-electron chi connectivity index (χ3n) is 3.05. The first-order valence-corrected chi connectivity index (χ1v) is 9.38. The molecule has 0 radical (unpaired) electrons. The van der Waals surface area contributed by atoms with Crippen molar-refractivity contribution in [2.75, 3.05) is 16.4 Å². The lowest BCUT2D eigenvalue weighted by Gasteiger charge is -2.15. The first kappa shape index (κ1) is 18.0. The van der Waals surface area contributed by atoms with Gasteiger partial charge in [-0.15, -0.1) is 11.6 Å². The monoisotopic (exact) mass is 372 g/mol. The minimum Gasteiger partial charge on any atom is -0.487 e. The van der Waals surface area contributed by atoms with Crippen LogP contribution in [0.2, 0.25) is 5.15 Å². The Morgan fingerprint density at radius 2 is 2.04 bits per heavy atom. The van der Waals surface area contributed by atoms with E-state index in [1.54, 1.807) is 13.0 Å². The molecule has 1 unspecified atom stereocenters. The molecule has 2 aromatic rings. The Hall–Kier alpha value is -1.30. The van der Waals surface area contributed by atoms with E-state index >= 15 is 0 Å². The van der Waals surface area contributed by atoms with Crippen molar-refractivity contribution in [2.24, 2.45) is 0 Å². The van der Waals surface area contributed by atoms with Gasteiger partial charge in [0.2, 0.25) is 0 Å². The van der Waals surface area contributed by atoms with Crippen molar-refractivity contribution in [1.29, 1.82) is 0 Å². The topological polar surface area (TPSA) is 51.2 Å². The van der Waals surface area contributed by atoms with Gasteiger partial charge in [-0.1, -0.05) is 41.9 Å². The predicted octanol–water partition coefficient (Wildman–Crippen LogP) is 4.33. The summed E-state index contributed by atoms with van der Waals surface area (Å²) < 4.78 is 20.8. The number of aromatic nitrogens is 1. The maximum absolute atomic E-state index is 12.1. The first-order valence-electron chi connectivity index (χ1n) is 7.15. The van der Waals surface area contributed by atoms with E-state index in [0.29, 0.717) is 46.9 Å². The van der Waals surface area contributed by atoms with Crippen LogP contribution in [-0.4, -0.2) is 20.8 Å². The van der Waals surface area contributed by atoms with E-state index in [9.17, 15) is 4.21 Å². The van der Waals surface area contributed by atoms with Gasteiger partial charge in [-0.25, -0.2) is 9.19 Å². The van der Waals surface area contributed by atoms with Gasteiger partial charge in [0, 0.05) is 17.7 Å². The lowest BCUT2D eigenvalue weighted by Crippen LogP contribution is -2.12. The lowest BCUT2D eigenvalue weighted by atomic mass is 10.2. The summed E-state index contributed by atoms with van der Waals surface area (Å²) in [5, 5.41) is 0.336. The van der Waals surface area contributed by atoms with Crippen LogP contribution in [0.15, 0.2) is 36.4 Å². The highest BCUT2D eigenvalue weighted by molar-refractivity contribution is 7.86. The van der Waals surface area contributed by atoms with E-state index in [-0.39, 0.29) is 0 Å². The summed E-state index contributed by atoms with van der Waals surface area (Å²) in [5.74, 6) is 1.47. The van der Waals surface area contributed by atoms with Crippen LogP contribution in [0.5, 0.6) is 5.75 Å². The van der Waals surface area contributed by atoms with Crippen molar-refractivity contribution in [1.82, 2.24) is 4.98 Å². The van der Waals surface area contributed by atoms with Gasteiger partial charge >= 0.3 is 0 Å². The molecule has 4 nitrogen and oxygen atoms in total. The van der Waals surface area contributed by atoms with Crippen molar-refractivity contribution in [3.8, 4) is 5.75 Å². The number of nitrogens with zero attached hydrogens (tertiary/aromatic N) is 1. The molecular formula is C16H18Cl2N2O2S. The van der Waals surface area contributed by atoms with Gasteiger partial charge in [0.1, 0.15) is 34.2 Å². The molecule has 0 saturated carbocycles. The van der Waals surface area contributed by atoms with E-state index in [1.165, 1.54) is 0 Å². The number of anilines is 1. The van der Waals surface area contributed by atoms with E-state index in [4.69, 9.17) is 27.9 Å². The van der Waals surface area contributed by atoms with Crippen molar-refractivity contribution in [2.45, 2.75) is 20.0 Å². The highest BCUT2D eigenvalue weighted by Gasteiger charge is 2.13. The molecule has 0 amide bonds. The molecule has 1 aromatic heterocycles. The molecule has 1 aromatic carbocycles. The molecule has 23 heavy (non-hydrogen) atoms. The molecule has 0 spiro atoms. The zero-order chi connectivity index (χ0) is 16.7. The number of hydrogen-bond acceptors (Lipinski definition) is 3. The van der Waals surface area contributed by atoms with Gasteiger partial charge in [0.05, 0.1) is 5.69 Å². The molecular weight excluding hydrogens is 355 g/mol. The van der Waals surface area contributed by atoms with Crippen molar-refractivity contribution in [3.63, 3.8) is 0 Å². The number of ether oxygens (including phenoxy) is 1. The number of halogens is 2. The number of nitrogens with one attached hydrogen (secondary N) is 1. The fourth-order valence-electron chi connectivity index (χ4n) is 1.93. The van der Waals surface area contributed by atoms with Gasteiger partial charge < -0.3 is 9.46 Å². The number of pyridine rings is 1. The second-order valence-corrected chi connectivity index (χ2v) is 6.94. The largest absolute Gasteiger partial charge is 0.487 e. The average molecular weight is 373 g/mol. The summed E-state index contributed by atoms with van der Waals surface area (Å²) in [6.07, 6.45) is 0.668. The van der Waals surface area contributed by atoms with Crippen LogP contribution >= 0.6 is 23.2 Å². The minimum atomic E-state index is -1.24. The van der Waals surface area contributed by atoms with E-state index in [0.717, 1.165) is 5.56 Å². The Morgan fingerprint density at radius 3 is 2.74 bits per heavy atom. The maximum Gasteiger partial charge on any atom is 0.148 e. The van der Waals surface area contributed by atoms with Crippen LogP contribution in [0.4, 0.5) is 5.69 Å². The molecule has 1 atom stereocenters. The van der Waals surface area contributed by atoms with E-state index in [1.807, 2.05) is 30.3 Å². The summed E-state index contributed by atoms with van der Waals surface area (Å²) in [7, 11) is -1.24. The molecule has 2 rings (SSSR count). The Kier molecular flexibility index (Phi) is 7.15. The Balaban J connectivity index is 2.15. The molecule has 1 heterocycles. The Labute approximate surface area is 148 Å². The van der Waals surface area contributed by atoms with E-state index in [2.05, 4.69) is 9.71 Å². The molecule has 0 aliphatic heterocycles. The quantitative estimate of drug-likeness (QED) is 0.554. The number of hydrogen-bond donors (Lipinski definition) is 1. The molecule has 7 heteroatoms. The summed E-state index contributed by atoms with van der Waals surface area (Å²) >= 11 is 11.6. The first-order chi connectivity index (χ1) is 11.1. The van der Waals surface area contributed by atoms with Crippen LogP contribution in [0, 0.1) is 6.92 Å². The van der Waals surface area contributed by atoms with Crippen molar-refractivity contribution < 1.29 is 8.95 Å². The van der Waals surface area contributed by atoms with Gasteiger partial charge in [-0.2, -0.15) is 0 Å². The SMILES string of the molecule is Cc1nc(Cl)cc(OCc2ccccc2)c1NS(=O)CCCCl. The summed E-state index contributed by atoms with van der Waals surface area (Å²) in [6, 6.07) is 11.4. The third kappa shape index (κ3) is 5.68. The molecule has 0 aliphatic carbocycles. The number of rotatable bonds is 8. The van der Waals surface area contributed by atoms with E-state index < -0.39 is 11.0 Å². The molecule has 0 aliphatic rings. The van der Waals surface area contributed by atoms with Crippen LogP contribution in [0.25, 0.3) is 0 Å². The Morgan fingerprint density at radius 1 is 1.30 bits per heavy atom. The standard InChI is InChI=1S/C16H18Cl2N2O2S/c1-12-16(20-23(21)9-5-8-17)14(10-15(18)19-12)22-11-13-6-3-2-4-7-13/h2-4,6-7,10,20H,5,8-9,11H2,1H3. The molecule has 124 valence electrons. The minimum absolute atomic E-state index is 0.336. The van der Waals surface area contributed by atoms with Crippen LogP contribution in [-0.2, 0) is 17.6 Å². The number of benzene rings is 1. The molecule has 0 saturated heterocycles. The highest BCUT2D eigenvalue weighted by Crippen LogP contribution is 2.31. The summed E-state index contributed by atoms with van der Waals surface area (Å²) in [6.45, 7) is 2.19. The average Bonchev–Trinajstić information content (AvgIpc) is 2.54. The van der Waals surface area contributed by atoms with Gasteiger partial charge in [-0.3, -0.25) is 0 Å². The third-order valence-corrected chi connectivity index (χ3v) is 4.60. The smallest absolute Gasteiger partial charge is 0.148 e. The van der Waals surface area contributed by atoms with Crippen LogP contribution in [0.3, 0.4) is 0 Å². The fraction of sp³-hybridized carbons (Fsp3) is 0.312. The van der Waals surface area contributed by atoms with Crippen molar-refractivity contribution >= 4 is 39.9 Å². The van der Waals surface area contributed by atoms with Crippen molar-refractivity contribution in [3.05, 3.63) is 52.8 Å². The number of aryl methyl sites for hydroxylation is 1. The second-order valence-electron chi connectivity index (χ2n) is 4.87. The lowest BCUT2D eigenvalue weighted by molar-refractivity contribution is 0.307. The molecule has 0 bridgehead atoms. The maximum atomic E-state index is 12.1. The molecule has 0 fully saturated rings. The van der Waals surface area contributed by atoms with Gasteiger partial charge in [0.15, 0.2) is 0 Å². The molecule has 1 N–H and O–H groups in total. The zero-order valence-corrected chi connectivity index (χ0v) is 15.0. The fourth-order valence-corrected chi connectivity index (χ4v) is 3.43. The highest BCUT2D eigenvalue weighted by atomic mass is 35.5. The second kappa shape index (κ2) is 9.11. The summed E-state index contributed by atoms with van der Waals surface area (Å²) in [4.78, 5) is 4.18. The normalized spacial score (nSPS) is 12.0. The zero-order valence-electron chi connectivity index (χ0n) is 12.7. The van der Waals surface area contributed by atoms with Crippen LogP contribution < -0.4 is 9.46 Å². The van der Waals surface area contributed by atoms with Gasteiger partial charge in [0.25, 0.3) is 0 Å². The summed E-state index contributed by atoms with van der Waals surface area (Å²) in [5.41, 5.74) is 2.27. The van der Waals surface area contributed by atoms with Crippen LogP contribution in [0.1, 0.15) is 17.7 Å². The number of alkyl halides is 1. The predicted molar refractivity (Wildman–Crippen MR) is 96.7 cm³/mol. The van der Waals surface area contributed by atoms with Gasteiger partial charge in [-0.05, 0) is 18.9 Å². The Bertz CT molecular complexity index is 669.